The monoisotopic (exact) mass is 329 g/mol. The fraction of sp³-hybridized carbons (Fsp3) is 0.562. The lowest BCUT2D eigenvalue weighted by Crippen LogP contribution is -2.47. The van der Waals surface area contributed by atoms with Crippen molar-refractivity contribution in [2.24, 2.45) is 0 Å². The van der Waals surface area contributed by atoms with Crippen molar-refractivity contribution in [1.82, 2.24) is 29.6 Å². The molecule has 2 aromatic rings. The molecule has 1 unspecified atom stereocenters. The van der Waals surface area contributed by atoms with Gasteiger partial charge >= 0.3 is 0 Å². The number of carbonyl (C=O) groups excluding carboxylic acids is 1. The predicted octanol–water partition coefficient (Wildman–Crippen LogP) is 1.52. The normalized spacial score (nSPS) is 18.0. The third-order valence-corrected chi connectivity index (χ3v) is 4.48. The topological polar surface area (TPSA) is 88.8 Å². The summed E-state index contributed by atoms with van der Waals surface area (Å²) in [6.45, 7) is 6.32. The third kappa shape index (κ3) is 2.83. The van der Waals surface area contributed by atoms with Crippen LogP contribution in [0.2, 0.25) is 0 Å². The first-order chi connectivity index (χ1) is 11.4. The average Bonchev–Trinajstić information content (AvgIpc) is 3.24. The molecule has 1 fully saturated rings. The Kier molecular flexibility index (Phi) is 4.21. The molecule has 1 N–H and O–H groups in total. The van der Waals surface area contributed by atoms with Crippen LogP contribution in [0.1, 0.15) is 44.2 Å². The van der Waals surface area contributed by atoms with Crippen molar-refractivity contribution < 1.29 is 4.79 Å². The number of hydrogen-bond acceptors (Lipinski definition) is 6. The van der Waals surface area contributed by atoms with Crippen LogP contribution in [0.4, 0.5) is 5.82 Å². The van der Waals surface area contributed by atoms with Crippen LogP contribution < -0.4 is 5.32 Å². The molecule has 3 rings (SSSR count). The Labute approximate surface area is 141 Å². The molecule has 0 aromatic carbocycles. The molecule has 3 heterocycles. The summed E-state index contributed by atoms with van der Waals surface area (Å²) in [5, 5.41) is 7.19. The highest BCUT2D eigenvalue weighted by Crippen LogP contribution is 2.34. The Bertz CT molecular complexity index is 726. The molecule has 0 bridgehead atoms. The van der Waals surface area contributed by atoms with Gasteiger partial charge in [-0.05, 0) is 33.6 Å². The van der Waals surface area contributed by atoms with Crippen molar-refractivity contribution in [2.45, 2.75) is 45.2 Å². The lowest BCUT2D eigenvalue weighted by molar-refractivity contribution is -0.140. The largest absolute Gasteiger partial charge is 0.373 e. The average molecular weight is 329 g/mol. The second kappa shape index (κ2) is 6.18. The highest BCUT2D eigenvalue weighted by atomic mass is 16.2. The standard InChI is InChI=1S/C16H23N7O/c1-11-20-12(8-14(17-4)21-11)13-6-5-7-22(13)15(24)16(2,3)23-10-18-9-19-23/h8-10,13H,5-7H2,1-4H3,(H,17,20,21). The molecule has 1 saturated heterocycles. The van der Waals surface area contributed by atoms with Gasteiger partial charge < -0.3 is 10.2 Å². The molecular weight excluding hydrogens is 306 g/mol. The van der Waals surface area contributed by atoms with E-state index in [2.05, 4.69) is 25.4 Å². The number of rotatable bonds is 4. The van der Waals surface area contributed by atoms with Crippen LogP contribution in [-0.4, -0.2) is 49.1 Å². The summed E-state index contributed by atoms with van der Waals surface area (Å²) < 4.78 is 1.61. The van der Waals surface area contributed by atoms with Gasteiger partial charge in [0, 0.05) is 19.7 Å². The minimum Gasteiger partial charge on any atom is -0.373 e. The lowest BCUT2D eigenvalue weighted by atomic mass is 10.0. The summed E-state index contributed by atoms with van der Waals surface area (Å²) in [5.74, 6) is 1.50. The van der Waals surface area contributed by atoms with E-state index >= 15 is 0 Å². The number of aryl methyl sites for hydroxylation is 1. The second-order valence-corrected chi connectivity index (χ2v) is 6.53. The van der Waals surface area contributed by atoms with Gasteiger partial charge in [-0.25, -0.2) is 19.6 Å². The molecule has 2 aromatic heterocycles. The van der Waals surface area contributed by atoms with Crippen LogP contribution in [0.25, 0.3) is 0 Å². The van der Waals surface area contributed by atoms with Crippen LogP contribution in [0.15, 0.2) is 18.7 Å². The summed E-state index contributed by atoms with van der Waals surface area (Å²) in [7, 11) is 1.83. The van der Waals surface area contributed by atoms with Gasteiger partial charge in [0.05, 0.1) is 11.7 Å². The lowest BCUT2D eigenvalue weighted by Gasteiger charge is -2.33. The fourth-order valence-electron chi connectivity index (χ4n) is 3.15. The number of likely N-dealkylation sites (tertiary alicyclic amines) is 1. The van der Waals surface area contributed by atoms with Gasteiger partial charge in [-0.15, -0.1) is 0 Å². The summed E-state index contributed by atoms with van der Waals surface area (Å²) in [5.41, 5.74) is 0.0968. The smallest absolute Gasteiger partial charge is 0.250 e. The maximum Gasteiger partial charge on any atom is 0.250 e. The first-order valence-corrected chi connectivity index (χ1v) is 8.13. The minimum absolute atomic E-state index is 0.0257. The number of nitrogens with zero attached hydrogens (tertiary/aromatic N) is 6. The van der Waals surface area contributed by atoms with E-state index in [1.807, 2.05) is 38.8 Å². The van der Waals surface area contributed by atoms with Gasteiger partial charge in [-0.3, -0.25) is 4.79 Å². The van der Waals surface area contributed by atoms with Gasteiger partial charge in [0.15, 0.2) is 0 Å². The second-order valence-electron chi connectivity index (χ2n) is 6.53. The van der Waals surface area contributed by atoms with Crippen molar-refractivity contribution in [2.75, 3.05) is 18.9 Å². The Morgan fingerprint density at radius 2 is 2.17 bits per heavy atom. The molecule has 1 aliphatic heterocycles. The predicted molar refractivity (Wildman–Crippen MR) is 89.3 cm³/mol. The molecular formula is C16H23N7O. The molecule has 1 atom stereocenters. The van der Waals surface area contributed by atoms with Crippen molar-refractivity contribution in [3.8, 4) is 0 Å². The van der Waals surface area contributed by atoms with E-state index < -0.39 is 5.54 Å². The zero-order valence-corrected chi connectivity index (χ0v) is 14.5. The molecule has 8 heteroatoms. The van der Waals surface area contributed by atoms with E-state index in [4.69, 9.17) is 0 Å². The van der Waals surface area contributed by atoms with Gasteiger partial charge in [0.2, 0.25) is 0 Å². The van der Waals surface area contributed by atoms with Crippen molar-refractivity contribution >= 4 is 11.7 Å². The molecule has 0 saturated carbocycles. The molecule has 0 aliphatic carbocycles. The molecule has 8 nitrogen and oxygen atoms in total. The maximum atomic E-state index is 13.2. The first-order valence-electron chi connectivity index (χ1n) is 8.13. The van der Waals surface area contributed by atoms with Crippen LogP contribution in [-0.2, 0) is 10.3 Å². The van der Waals surface area contributed by atoms with E-state index in [9.17, 15) is 4.79 Å². The van der Waals surface area contributed by atoms with E-state index in [-0.39, 0.29) is 11.9 Å². The summed E-state index contributed by atoms with van der Waals surface area (Å²) in [6, 6.07) is 1.89. The minimum atomic E-state index is -0.785. The molecule has 128 valence electrons. The quantitative estimate of drug-likeness (QED) is 0.915. The summed E-state index contributed by atoms with van der Waals surface area (Å²) >= 11 is 0. The Morgan fingerprint density at radius 3 is 2.83 bits per heavy atom. The van der Waals surface area contributed by atoms with Gasteiger partial charge in [0.25, 0.3) is 5.91 Å². The van der Waals surface area contributed by atoms with E-state index in [1.165, 1.54) is 6.33 Å². The Morgan fingerprint density at radius 1 is 1.38 bits per heavy atom. The Balaban J connectivity index is 1.91. The van der Waals surface area contributed by atoms with Gasteiger partial charge in [-0.2, -0.15) is 5.10 Å². The number of anilines is 1. The van der Waals surface area contributed by atoms with Crippen molar-refractivity contribution in [3.63, 3.8) is 0 Å². The maximum absolute atomic E-state index is 13.2. The van der Waals surface area contributed by atoms with Gasteiger partial charge in [0.1, 0.15) is 29.8 Å². The van der Waals surface area contributed by atoms with Crippen LogP contribution in [0.3, 0.4) is 0 Å². The van der Waals surface area contributed by atoms with E-state index in [0.29, 0.717) is 5.82 Å². The SMILES string of the molecule is CNc1cc(C2CCCN2C(=O)C(C)(C)n2cncn2)nc(C)n1. The highest BCUT2D eigenvalue weighted by molar-refractivity contribution is 5.84. The molecule has 0 radical (unpaired) electrons. The molecule has 1 aliphatic rings. The van der Waals surface area contributed by atoms with Crippen LogP contribution >= 0.6 is 0 Å². The summed E-state index contributed by atoms with van der Waals surface area (Å²) in [6.07, 6.45) is 4.89. The van der Waals surface area contributed by atoms with E-state index in [1.54, 1.807) is 11.0 Å². The molecule has 24 heavy (non-hydrogen) atoms. The number of aromatic nitrogens is 5. The van der Waals surface area contributed by atoms with E-state index in [0.717, 1.165) is 30.9 Å². The number of carbonyl (C=O) groups is 1. The molecule has 0 spiro atoms. The first kappa shape index (κ1) is 16.4. The zero-order valence-electron chi connectivity index (χ0n) is 14.5. The van der Waals surface area contributed by atoms with Crippen LogP contribution in [0, 0.1) is 6.92 Å². The van der Waals surface area contributed by atoms with Crippen molar-refractivity contribution in [1.29, 1.82) is 0 Å². The van der Waals surface area contributed by atoms with Gasteiger partial charge in [-0.1, -0.05) is 0 Å². The zero-order chi connectivity index (χ0) is 17.3. The fourth-order valence-corrected chi connectivity index (χ4v) is 3.15. The highest BCUT2D eigenvalue weighted by Gasteiger charge is 2.40. The summed E-state index contributed by atoms with van der Waals surface area (Å²) in [4.78, 5) is 27.9. The number of amides is 1. The van der Waals surface area contributed by atoms with Crippen LogP contribution in [0.5, 0.6) is 0 Å². The third-order valence-electron chi connectivity index (χ3n) is 4.48. The molecule has 1 amide bonds. The number of hydrogen-bond donors (Lipinski definition) is 1. The Hall–Kier alpha value is -2.51. The van der Waals surface area contributed by atoms with Crippen molar-refractivity contribution in [3.05, 3.63) is 30.2 Å². The number of nitrogens with one attached hydrogen (secondary N) is 1.